The monoisotopic (exact) mass is 581 g/mol. The lowest BCUT2D eigenvalue weighted by Crippen LogP contribution is -2.38. The van der Waals surface area contributed by atoms with Gasteiger partial charge in [-0.15, -0.1) is 0 Å². The quantitative estimate of drug-likeness (QED) is 0.210. The summed E-state index contributed by atoms with van der Waals surface area (Å²) >= 11 is 12.2. The topological polar surface area (TPSA) is 108 Å². The maximum atomic E-state index is 13.0. The molecule has 1 aliphatic rings. The molecule has 9 heteroatoms. The Hall–Kier alpha value is -3.55. The molecule has 3 aromatic carbocycles. The highest BCUT2D eigenvalue weighted by Crippen LogP contribution is 2.33. The van der Waals surface area contributed by atoms with Crippen LogP contribution in [0.25, 0.3) is 0 Å². The van der Waals surface area contributed by atoms with Gasteiger partial charge in [0, 0.05) is 28.7 Å². The molecule has 3 amide bonds. The van der Waals surface area contributed by atoms with Crippen LogP contribution >= 0.6 is 23.2 Å². The molecule has 210 valence electrons. The van der Waals surface area contributed by atoms with E-state index in [4.69, 9.17) is 28.3 Å². The van der Waals surface area contributed by atoms with Gasteiger partial charge in [0.15, 0.2) is 0 Å². The van der Waals surface area contributed by atoms with Crippen LogP contribution in [0.15, 0.2) is 66.7 Å². The highest BCUT2D eigenvalue weighted by Gasteiger charge is 2.20. The number of amides is 3. The minimum Gasteiger partial charge on any atom is -0.481 e. The van der Waals surface area contributed by atoms with Crippen LogP contribution in [0.3, 0.4) is 0 Å². The van der Waals surface area contributed by atoms with Crippen molar-refractivity contribution in [1.29, 1.82) is 0 Å². The molecule has 40 heavy (non-hydrogen) atoms. The summed E-state index contributed by atoms with van der Waals surface area (Å²) in [7, 11) is 0. The van der Waals surface area contributed by atoms with Crippen molar-refractivity contribution >= 4 is 41.1 Å². The van der Waals surface area contributed by atoms with Crippen molar-refractivity contribution in [3.05, 3.63) is 105 Å². The maximum Gasteiger partial charge on any atom is 0.315 e. The Bertz CT molecular complexity index is 1300. The summed E-state index contributed by atoms with van der Waals surface area (Å²) in [6.07, 6.45) is 6.06. The van der Waals surface area contributed by atoms with E-state index >= 15 is 0 Å². The zero-order valence-corrected chi connectivity index (χ0v) is 23.6. The van der Waals surface area contributed by atoms with Crippen LogP contribution in [0, 0.1) is 0 Å². The fourth-order valence-corrected chi connectivity index (χ4v) is 5.62. The van der Waals surface area contributed by atoms with Crippen molar-refractivity contribution in [2.75, 3.05) is 6.54 Å². The number of rotatable bonds is 10. The maximum absolute atomic E-state index is 13.0. The van der Waals surface area contributed by atoms with Gasteiger partial charge in [-0.2, -0.15) is 0 Å². The van der Waals surface area contributed by atoms with Gasteiger partial charge in [-0.1, -0.05) is 78.9 Å². The average Bonchev–Trinajstić information content (AvgIpc) is 2.95. The Balaban J connectivity index is 1.50. The Morgan fingerprint density at radius 2 is 1.43 bits per heavy atom. The standard InChI is InChI=1S/C31H33Cl2N3O4/c32-26-16-20(17-27(33)18-26)19-35-31(40)36-29(23-8-6-22(7-9-23)21-4-2-1-3-5-21)24-10-12-25(13-11-24)30(39)34-15-14-28(37)38/h6-13,16-18,21,29H,1-5,14-15,19H2,(H,34,39)(H,37,38)(H2,35,36,40). The van der Waals surface area contributed by atoms with Gasteiger partial charge in [0.1, 0.15) is 0 Å². The Morgan fingerprint density at radius 3 is 2.02 bits per heavy atom. The van der Waals surface area contributed by atoms with Crippen molar-refractivity contribution < 1.29 is 19.5 Å². The lowest BCUT2D eigenvalue weighted by Gasteiger charge is -2.24. The number of hydrogen-bond acceptors (Lipinski definition) is 3. The number of carbonyl (C=O) groups is 3. The van der Waals surface area contributed by atoms with Crippen LogP contribution in [0.1, 0.15) is 83.1 Å². The van der Waals surface area contributed by atoms with Crippen LogP contribution in [-0.2, 0) is 11.3 Å². The molecule has 7 nitrogen and oxygen atoms in total. The van der Waals surface area contributed by atoms with Crippen LogP contribution in [0.2, 0.25) is 10.0 Å². The predicted molar refractivity (Wildman–Crippen MR) is 157 cm³/mol. The van der Waals surface area contributed by atoms with E-state index in [1.165, 1.54) is 37.7 Å². The van der Waals surface area contributed by atoms with Gasteiger partial charge in [0.2, 0.25) is 0 Å². The molecule has 4 rings (SSSR count). The number of aliphatic carboxylic acids is 1. The SMILES string of the molecule is O=C(O)CCNC(=O)c1ccc(C(NC(=O)NCc2cc(Cl)cc(Cl)c2)c2ccc(C3CCCCC3)cc2)cc1. The van der Waals surface area contributed by atoms with Crippen LogP contribution in [0.5, 0.6) is 0 Å². The number of hydrogen-bond donors (Lipinski definition) is 4. The van der Waals surface area contributed by atoms with Gasteiger partial charge in [-0.3, -0.25) is 9.59 Å². The largest absolute Gasteiger partial charge is 0.481 e. The first-order chi connectivity index (χ1) is 19.3. The second-order valence-electron chi connectivity index (χ2n) is 10.1. The first-order valence-corrected chi connectivity index (χ1v) is 14.2. The van der Waals surface area contributed by atoms with Gasteiger partial charge in [-0.25, -0.2) is 4.79 Å². The molecular formula is C31H33Cl2N3O4. The van der Waals surface area contributed by atoms with E-state index in [1.54, 1.807) is 42.5 Å². The lowest BCUT2D eigenvalue weighted by molar-refractivity contribution is -0.136. The Kier molecular flexibility index (Phi) is 10.4. The number of nitrogens with one attached hydrogen (secondary N) is 3. The molecule has 0 aliphatic heterocycles. The van der Waals surface area contributed by atoms with Crippen LogP contribution in [-0.4, -0.2) is 29.6 Å². The van der Waals surface area contributed by atoms with E-state index in [2.05, 4.69) is 40.2 Å². The zero-order valence-electron chi connectivity index (χ0n) is 22.1. The number of benzene rings is 3. The third kappa shape index (κ3) is 8.47. The molecule has 4 N–H and O–H groups in total. The molecule has 0 bridgehead atoms. The van der Waals surface area contributed by atoms with Crippen molar-refractivity contribution in [3.8, 4) is 0 Å². The predicted octanol–water partition coefficient (Wildman–Crippen LogP) is 6.83. The molecule has 0 saturated heterocycles. The smallest absolute Gasteiger partial charge is 0.315 e. The van der Waals surface area contributed by atoms with E-state index < -0.39 is 12.0 Å². The van der Waals surface area contributed by atoms with Gasteiger partial charge < -0.3 is 21.1 Å². The summed E-state index contributed by atoms with van der Waals surface area (Å²) in [4.78, 5) is 36.1. The first kappa shape index (κ1) is 29.4. The molecule has 1 fully saturated rings. The van der Waals surface area contributed by atoms with Crippen molar-refractivity contribution in [1.82, 2.24) is 16.0 Å². The summed E-state index contributed by atoms with van der Waals surface area (Å²) < 4.78 is 0. The van der Waals surface area contributed by atoms with Gasteiger partial charge in [-0.05, 0) is 71.3 Å². The first-order valence-electron chi connectivity index (χ1n) is 13.5. The summed E-state index contributed by atoms with van der Waals surface area (Å²) in [5.41, 5.74) is 4.22. The minimum absolute atomic E-state index is 0.0471. The molecule has 1 saturated carbocycles. The second kappa shape index (κ2) is 14.2. The summed E-state index contributed by atoms with van der Waals surface area (Å²) in [5.74, 6) is -0.760. The molecule has 1 unspecified atom stereocenters. The van der Waals surface area contributed by atoms with Crippen molar-refractivity contribution in [3.63, 3.8) is 0 Å². The number of halogens is 2. The van der Waals surface area contributed by atoms with Crippen LogP contribution < -0.4 is 16.0 Å². The van der Waals surface area contributed by atoms with Crippen molar-refractivity contribution in [2.45, 2.75) is 57.0 Å². The van der Waals surface area contributed by atoms with Gasteiger partial charge in [0.05, 0.1) is 12.5 Å². The van der Waals surface area contributed by atoms with Gasteiger partial charge >= 0.3 is 12.0 Å². The molecule has 1 atom stereocenters. The molecule has 0 heterocycles. The third-order valence-corrected chi connectivity index (χ3v) is 7.56. The Morgan fingerprint density at radius 1 is 0.825 bits per heavy atom. The minimum atomic E-state index is -0.976. The van der Waals surface area contributed by atoms with E-state index in [-0.39, 0.29) is 31.4 Å². The normalized spacial score (nSPS) is 14.2. The molecule has 0 radical (unpaired) electrons. The van der Waals surface area contributed by atoms with Crippen LogP contribution in [0.4, 0.5) is 4.79 Å². The zero-order chi connectivity index (χ0) is 28.5. The number of carboxylic acids is 1. The highest BCUT2D eigenvalue weighted by atomic mass is 35.5. The van der Waals surface area contributed by atoms with Crippen molar-refractivity contribution in [2.24, 2.45) is 0 Å². The average molecular weight is 583 g/mol. The summed E-state index contributed by atoms with van der Waals surface area (Å²) in [6.45, 7) is 0.292. The third-order valence-electron chi connectivity index (χ3n) is 7.13. The molecule has 1 aliphatic carbocycles. The number of carboxylic acid groups (broad SMARTS) is 1. The molecule has 0 spiro atoms. The number of urea groups is 1. The Labute approximate surface area is 244 Å². The van der Waals surface area contributed by atoms with Gasteiger partial charge in [0.25, 0.3) is 5.91 Å². The van der Waals surface area contributed by atoms with E-state index in [0.29, 0.717) is 21.5 Å². The number of carbonyl (C=O) groups excluding carboxylic acids is 2. The fraction of sp³-hybridized carbons (Fsp3) is 0.323. The molecule has 0 aromatic heterocycles. The molecular weight excluding hydrogens is 549 g/mol. The van der Waals surface area contributed by atoms with E-state index in [1.807, 2.05) is 0 Å². The van der Waals surface area contributed by atoms with E-state index in [0.717, 1.165) is 16.7 Å². The summed E-state index contributed by atoms with van der Waals surface area (Å²) in [5, 5.41) is 18.3. The van der Waals surface area contributed by atoms with E-state index in [9.17, 15) is 14.4 Å². The highest BCUT2D eigenvalue weighted by molar-refractivity contribution is 6.34. The summed E-state index contributed by atoms with van der Waals surface area (Å²) in [6, 6.07) is 19.6. The second-order valence-corrected chi connectivity index (χ2v) is 10.9. The molecule has 3 aromatic rings. The lowest BCUT2D eigenvalue weighted by atomic mass is 9.83. The fourth-order valence-electron chi connectivity index (χ4n) is 5.05.